The van der Waals surface area contributed by atoms with Crippen molar-refractivity contribution in [3.63, 3.8) is 0 Å². The van der Waals surface area contributed by atoms with Crippen LogP contribution in [0.4, 0.5) is 4.79 Å². The Morgan fingerprint density at radius 3 is 2.21 bits per heavy atom. The third-order valence-corrected chi connectivity index (χ3v) is 4.36. The zero-order chi connectivity index (χ0) is 17.9. The minimum atomic E-state index is -1.22. The number of carbonyl (C=O) groups is 5. The van der Waals surface area contributed by atoms with Gasteiger partial charge in [0.2, 0.25) is 11.8 Å². The zero-order valence-electron chi connectivity index (χ0n) is 13.7. The van der Waals surface area contributed by atoms with Crippen LogP contribution in [0.2, 0.25) is 0 Å². The van der Waals surface area contributed by atoms with Crippen LogP contribution in [0, 0.1) is 11.8 Å². The first kappa shape index (κ1) is 17.9. The van der Waals surface area contributed by atoms with Gasteiger partial charge in [-0.2, -0.15) is 0 Å². The third-order valence-electron chi connectivity index (χ3n) is 4.36. The summed E-state index contributed by atoms with van der Waals surface area (Å²) in [6.45, 7) is 0.784. The highest BCUT2D eigenvalue weighted by molar-refractivity contribution is 6.07. The topological polar surface area (TPSA) is 122 Å². The number of imide groups is 2. The lowest BCUT2D eigenvalue weighted by atomic mass is 9.81. The largest absolute Gasteiger partial charge is 0.451 e. The molecule has 1 aliphatic carbocycles. The third kappa shape index (κ3) is 3.72. The van der Waals surface area contributed by atoms with Gasteiger partial charge >= 0.3 is 12.0 Å². The smallest absolute Gasteiger partial charge is 0.326 e. The van der Waals surface area contributed by atoms with E-state index in [4.69, 9.17) is 4.74 Å². The molecule has 0 aromatic heterocycles. The van der Waals surface area contributed by atoms with Gasteiger partial charge in [-0.25, -0.2) is 4.79 Å². The summed E-state index contributed by atoms with van der Waals surface area (Å²) in [5, 5.41) is 4.17. The minimum Gasteiger partial charge on any atom is -0.451 e. The molecule has 9 heteroatoms. The number of hydrogen-bond acceptors (Lipinski definition) is 6. The molecule has 1 saturated carbocycles. The lowest BCUT2D eigenvalue weighted by Gasteiger charge is -2.19. The highest BCUT2D eigenvalue weighted by Crippen LogP contribution is 2.37. The molecule has 0 unspecified atom stereocenters. The Labute approximate surface area is 139 Å². The van der Waals surface area contributed by atoms with Gasteiger partial charge in [0, 0.05) is 7.05 Å². The number of amides is 5. The van der Waals surface area contributed by atoms with Gasteiger partial charge in [0.25, 0.3) is 5.91 Å². The fourth-order valence-electron chi connectivity index (χ4n) is 3.08. The van der Waals surface area contributed by atoms with E-state index in [1.165, 1.54) is 14.0 Å². The summed E-state index contributed by atoms with van der Waals surface area (Å²) < 4.78 is 4.89. The van der Waals surface area contributed by atoms with E-state index in [1.54, 1.807) is 0 Å². The molecule has 0 spiro atoms. The molecule has 5 amide bonds. The number of nitrogens with one attached hydrogen (secondary N) is 2. The Morgan fingerprint density at radius 1 is 1.17 bits per heavy atom. The van der Waals surface area contributed by atoms with Gasteiger partial charge < -0.3 is 10.1 Å². The van der Waals surface area contributed by atoms with Gasteiger partial charge in [-0.1, -0.05) is 12.8 Å². The maximum atomic E-state index is 12.3. The minimum absolute atomic E-state index is 0.340. The summed E-state index contributed by atoms with van der Waals surface area (Å²) in [5.74, 6) is -3.03. The molecule has 0 aromatic carbocycles. The van der Waals surface area contributed by atoms with Gasteiger partial charge in [-0.05, 0) is 19.8 Å². The summed E-state index contributed by atoms with van der Waals surface area (Å²) in [4.78, 5) is 60.0. The highest BCUT2D eigenvalue weighted by atomic mass is 16.5. The van der Waals surface area contributed by atoms with Gasteiger partial charge in [0.15, 0.2) is 6.10 Å². The summed E-state index contributed by atoms with van der Waals surface area (Å²) >= 11 is 0. The second kappa shape index (κ2) is 7.41. The quantitative estimate of drug-likeness (QED) is 0.528. The van der Waals surface area contributed by atoms with Crippen molar-refractivity contribution >= 4 is 29.7 Å². The predicted molar refractivity (Wildman–Crippen MR) is 80.3 cm³/mol. The number of nitrogens with zero attached hydrogens (tertiary/aromatic N) is 1. The Kier molecular flexibility index (Phi) is 5.53. The van der Waals surface area contributed by atoms with Crippen LogP contribution in [-0.2, 0) is 23.9 Å². The first-order valence-electron chi connectivity index (χ1n) is 7.92. The first-order chi connectivity index (χ1) is 11.3. The van der Waals surface area contributed by atoms with Crippen LogP contribution in [0.25, 0.3) is 0 Å². The van der Waals surface area contributed by atoms with Crippen molar-refractivity contribution in [2.75, 3.05) is 13.6 Å². The average Bonchev–Trinajstić information content (AvgIpc) is 2.80. The number of urea groups is 1. The molecular formula is C15H21N3O6. The highest BCUT2D eigenvalue weighted by Gasteiger charge is 2.48. The molecule has 132 valence electrons. The molecule has 0 aromatic rings. The molecule has 9 nitrogen and oxygen atoms in total. The van der Waals surface area contributed by atoms with Crippen molar-refractivity contribution in [3.05, 3.63) is 0 Å². The number of hydrogen-bond donors (Lipinski definition) is 2. The number of ether oxygens (including phenoxy) is 1. The van der Waals surface area contributed by atoms with Crippen LogP contribution in [0.5, 0.6) is 0 Å². The monoisotopic (exact) mass is 339 g/mol. The maximum Gasteiger partial charge on any atom is 0.326 e. The Bertz CT molecular complexity index is 552. The van der Waals surface area contributed by atoms with E-state index in [2.05, 4.69) is 5.32 Å². The first-order valence-corrected chi connectivity index (χ1v) is 7.92. The van der Waals surface area contributed by atoms with Crippen molar-refractivity contribution < 1.29 is 28.7 Å². The van der Waals surface area contributed by atoms with E-state index >= 15 is 0 Å². The van der Waals surface area contributed by atoms with E-state index in [0.717, 1.165) is 17.7 Å². The second-order valence-corrected chi connectivity index (χ2v) is 5.96. The summed E-state index contributed by atoms with van der Waals surface area (Å²) in [5.41, 5.74) is 0. The van der Waals surface area contributed by atoms with Crippen LogP contribution >= 0.6 is 0 Å². The number of rotatable bonds is 4. The average molecular weight is 339 g/mol. The maximum absolute atomic E-state index is 12.3. The van der Waals surface area contributed by atoms with Gasteiger partial charge in [-0.15, -0.1) is 0 Å². The van der Waals surface area contributed by atoms with E-state index in [-0.39, 0.29) is 23.7 Å². The molecule has 2 rings (SSSR count). The molecule has 0 bridgehead atoms. The number of likely N-dealkylation sites (tertiary alicyclic amines) is 1. The zero-order valence-corrected chi connectivity index (χ0v) is 13.7. The Hall–Kier alpha value is -2.45. The molecular weight excluding hydrogens is 318 g/mol. The fourth-order valence-corrected chi connectivity index (χ4v) is 3.08. The molecule has 1 aliphatic heterocycles. The van der Waals surface area contributed by atoms with Crippen LogP contribution in [-0.4, -0.2) is 54.3 Å². The molecule has 24 heavy (non-hydrogen) atoms. The van der Waals surface area contributed by atoms with Crippen LogP contribution in [0.1, 0.15) is 32.6 Å². The van der Waals surface area contributed by atoms with Crippen LogP contribution in [0.3, 0.4) is 0 Å². The fraction of sp³-hybridized carbons (Fsp3) is 0.667. The molecule has 3 atom stereocenters. The molecule has 0 radical (unpaired) electrons. The van der Waals surface area contributed by atoms with Gasteiger partial charge in [0.1, 0.15) is 6.54 Å². The van der Waals surface area contributed by atoms with Crippen LogP contribution < -0.4 is 10.6 Å². The lowest BCUT2D eigenvalue weighted by Crippen LogP contribution is -2.45. The van der Waals surface area contributed by atoms with E-state index in [1.807, 2.05) is 5.32 Å². The summed E-state index contributed by atoms with van der Waals surface area (Å²) in [6.07, 6.45) is 1.90. The SMILES string of the molecule is CNC(=O)NC(=O)[C@H](C)OC(=O)CN1C(=O)[C@H]2CCCC[C@H]2C1=O. The predicted octanol–water partition coefficient (Wildman–Crippen LogP) is -0.451. The Balaban J connectivity index is 1.90. The van der Waals surface area contributed by atoms with Crippen molar-refractivity contribution in [2.45, 2.75) is 38.7 Å². The number of carbonyl (C=O) groups excluding carboxylic acids is 5. The van der Waals surface area contributed by atoms with Crippen molar-refractivity contribution in [1.82, 2.24) is 15.5 Å². The van der Waals surface area contributed by atoms with E-state index in [0.29, 0.717) is 12.8 Å². The summed E-state index contributed by atoms with van der Waals surface area (Å²) in [7, 11) is 1.34. The van der Waals surface area contributed by atoms with Gasteiger partial charge in [0.05, 0.1) is 11.8 Å². The second-order valence-electron chi connectivity index (χ2n) is 5.96. The standard InChI is InChI=1S/C15H21N3O6/c1-8(12(20)17-15(23)16-2)24-11(19)7-18-13(21)9-5-3-4-6-10(9)14(18)22/h8-10H,3-7H2,1-2H3,(H2,16,17,20,23)/t8-,9-,10+/m0/s1. The molecule has 2 aliphatic rings. The Morgan fingerprint density at radius 2 is 1.71 bits per heavy atom. The van der Waals surface area contributed by atoms with E-state index in [9.17, 15) is 24.0 Å². The van der Waals surface area contributed by atoms with Crippen molar-refractivity contribution in [2.24, 2.45) is 11.8 Å². The number of esters is 1. The van der Waals surface area contributed by atoms with Crippen molar-refractivity contribution in [1.29, 1.82) is 0 Å². The van der Waals surface area contributed by atoms with Gasteiger partial charge in [-0.3, -0.25) is 29.4 Å². The van der Waals surface area contributed by atoms with Crippen LogP contribution in [0.15, 0.2) is 0 Å². The molecule has 1 heterocycles. The lowest BCUT2D eigenvalue weighted by molar-refractivity contribution is -0.159. The molecule has 1 saturated heterocycles. The van der Waals surface area contributed by atoms with E-state index < -0.39 is 30.6 Å². The van der Waals surface area contributed by atoms with Crippen molar-refractivity contribution in [3.8, 4) is 0 Å². The molecule has 2 fully saturated rings. The molecule has 2 N–H and O–H groups in total. The normalized spacial score (nSPS) is 24.2. The number of fused-ring (bicyclic) bond motifs is 1. The summed E-state index contributed by atoms with van der Waals surface area (Å²) in [6, 6.07) is -0.725.